The van der Waals surface area contributed by atoms with Crippen molar-refractivity contribution in [3.05, 3.63) is 34.6 Å². The molecule has 106 valence electrons. The lowest BCUT2D eigenvalue weighted by molar-refractivity contribution is -0.145. The zero-order valence-electron chi connectivity index (χ0n) is 10.3. The van der Waals surface area contributed by atoms with E-state index in [0.717, 1.165) is 6.92 Å². The van der Waals surface area contributed by atoms with E-state index in [4.69, 9.17) is 5.11 Å². The van der Waals surface area contributed by atoms with E-state index in [9.17, 15) is 26.7 Å². The van der Waals surface area contributed by atoms with Crippen LogP contribution in [0.5, 0.6) is 0 Å². The highest BCUT2D eigenvalue weighted by atomic mass is 19.2. The minimum absolute atomic E-state index is 0.890. The Morgan fingerprint density at radius 2 is 1.26 bits per heavy atom. The molecule has 0 radical (unpaired) electrons. The molecule has 1 atom stereocenters. The van der Waals surface area contributed by atoms with E-state index in [1.165, 1.54) is 13.8 Å². The Morgan fingerprint density at radius 1 is 0.947 bits per heavy atom. The van der Waals surface area contributed by atoms with E-state index in [2.05, 4.69) is 0 Å². The van der Waals surface area contributed by atoms with Crippen LogP contribution in [-0.4, -0.2) is 11.1 Å². The first-order valence-electron chi connectivity index (χ1n) is 5.32. The molecule has 0 spiro atoms. The van der Waals surface area contributed by atoms with Crippen LogP contribution in [0.1, 0.15) is 26.3 Å². The van der Waals surface area contributed by atoms with E-state index >= 15 is 0 Å². The van der Waals surface area contributed by atoms with Gasteiger partial charge < -0.3 is 5.11 Å². The van der Waals surface area contributed by atoms with Gasteiger partial charge >= 0.3 is 5.97 Å². The van der Waals surface area contributed by atoms with Crippen LogP contribution in [0.3, 0.4) is 0 Å². The second-order valence-electron chi connectivity index (χ2n) is 4.61. The zero-order chi connectivity index (χ0) is 15.1. The Morgan fingerprint density at radius 3 is 1.53 bits per heavy atom. The molecule has 0 amide bonds. The second kappa shape index (κ2) is 4.79. The number of hydrogen-bond donors (Lipinski definition) is 1. The highest BCUT2D eigenvalue weighted by Gasteiger charge is 2.45. The molecule has 0 saturated carbocycles. The van der Waals surface area contributed by atoms with Crippen molar-refractivity contribution in [2.45, 2.75) is 26.2 Å². The Labute approximate surface area is 105 Å². The lowest BCUT2D eigenvalue weighted by Crippen LogP contribution is -2.40. The number of carbonyl (C=O) groups is 1. The average molecular weight is 282 g/mol. The summed E-state index contributed by atoms with van der Waals surface area (Å²) in [5.41, 5.74) is -3.56. The summed E-state index contributed by atoms with van der Waals surface area (Å²) in [4.78, 5) is 11.2. The van der Waals surface area contributed by atoms with Gasteiger partial charge in [0.1, 0.15) is 0 Å². The minimum Gasteiger partial charge on any atom is -0.481 e. The van der Waals surface area contributed by atoms with Crippen LogP contribution in [0.2, 0.25) is 0 Å². The van der Waals surface area contributed by atoms with E-state index in [1.807, 2.05) is 0 Å². The van der Waals surface area contributed by atoms with Crippen molar-refractivity contribution in [1.29, 1.82) is 0 Å². The first kappa shape index (κ1) is 15.4. The Hall–Kier alpha value is -1.66. The van der Waals surface area contributed by atoms with Crippen LogP contribution < -0.4 is 0 Å². The van der Waals surface area contributed by atoms with Crippen LogP contribution in [0, 0.1) is 35.0 Å². The lowest BCUT2D eigenvalue weighted by atomic mass is 9.72. The standard InChI is InChI=1S/C12H11F5O2/c1-4(2)12(3,11(18)19)5-6(13)8(15)10(17)9(16)7(5)14/h4H,1-3H3,(H,18,19). The second-order valence-corrected chi connectivity index (χ2v) is 4.61. The summed E-state index contributed by atoms with van der Waals surface area (Å²) in [5, 5.41) is 9.08. The summed E-state index contributed by atoms with van der Waals surface area (Å²) in [6.07, 6.45) is 0. The first-order valence-corrected chi connectivity index (χ1v) is 5.32. The predicted molar refractivity (Wildman–Crippen MR) is 56.1 cm³/mol. The number of carboxylic acid groups (broad SMARTS) is 1. The molecular formula is C12H11F5O2. The molecule has 1 unspecified atom stereocenters. The quantitative estimate of drug-likeness (QED) is 0.524. The van der Waals surface area contributed by atoms with Gasteiger partial charge in [0.15, 0.2) is 23.3 Å². The van der Waals surface area contributed by atoms with E-state index in [-0.39, 0.29) is 0 Å². The molecule has 0 aliphatic carbocycles. The largest absolute Gasteiger partial charge is 0.481 e. The third-order valence-electron chi connectivity index (χ3n) is 3.33. The number of rotatable bonds is 3. The molecule has 1 rings (SSSR count). The Balaban J connectivity index is 3.82. The first-order chi connectivity index (χ1) is 8.56. The van der Waals surface area contributed by atoms with Gasteiger partial charge in [-0.15, -0.1) is 0 Å². The van der Waals surface area contributed by atoms with Gasteiger partial charge in [0.05, 0.1) is 5.41 Å². The van der Waals surface area contributed by atoms with Crippen LogP contribution in [-0.2, 0) is 10.2 Å². The Kier molecular flexibility index (Phi) is 3.88. The molecule has 2 nitrogen and oxygen atoms in total. The highest BCUT2D eigenvalue weighted by Crippen LogP contribution is 2.38. The molecule has 0 heterocycles. The topological polar surface area (TPSA) is 37.3 Å². The number of hydrogen-bond acceptors (Lipinski definition) is 1. The van der Waals surface area contributed by atoms with Crippen LogP contribution in [0.15, 0.2) is 0 Å². The number of halogens is 5. The fraction of sp³-hybridized carbons (Fsp3) is 0.417. The van der Waals surface area contributed by atoms with Crippen LogP contribution >= 0.6 is 0 Å². The number of aliphatic carboxylic acids is 1. The SMILES string of the molecule is CC(C)C(C)(C(=O)O)c1c(F)c(F)c(F)c(F)c1F. The summed E-state index contributed by atoms with van der Waals surface area (Å²) in [5.74, 6) is -13.4. The van der Waals surface area contributed by atoms with Crippen molar-refractivity contribution >= 4 is 5.97 Å². The summed E-state index contributed by atoms with van der Waals surface area (Å²) in [6, 6.07) is 0. The van der Waals surface area contributed by atoms with Crippen molar-refractivity contribution in [3.63, 3.8) is 0 Å². The van der Waals surface area contributed by atoms with E-state index in [0.29, 0.717) is 0 Å². The molecule has 1 N–H and O–H groups in total. The maximum atomic E-state index is 13.6. The lowest BCUT2D eigenvalue weighted by Gasteiger charge is -2.30. The molecule has 0 aliphatic heterocycles. The van der Waals surface area contributed by atoms with Gasteiger partial charge in [-0.2, -0.15) is 0 Å². The van der Waals surface area contributed by atoms with Crippen molar-refractivity contribution in [3.8, 4) is 0 Å². The molecule has 0 aliphatic rings. The molecule has 1 aromatic carbocycles. The van der Waals surface area contributed by atoms with Gasteiger partial charge in [0.2, 0.25) is 5.82 Å². The Bertz CT molecular complexity index is 512. The third-order valence-corrected chi connectivity index (χ3v) is 3.33. The predicted octanol–water partition coefficient (Wildman–Crippen LogP) is 3.38. The number of carboxylic acids is 1. The summed E-state index contributed by atoms with van der Waals surface area (Å²) >= 11 is 0. The normalized spacial score (nSPS) is 14.6. The minimum atomic E-state index is -2.31. The molecule has 1 aromatic rings. The van der Waals surface area contributed by atoms with Crippen molar-refractivity contribution < 1.29 is 31.9 Å². The van der Waals surface area contributed by atoms with Crippen LogP contribution in [0.4, 0.5) is 22.0 Å². The summed E-state index contributed by atoms with van der Waals surface area (Å²) in [7, 11) is 0. The van der Waals surface area contributed by atoms with Gasteiger partial charge in [0, 0.05) is 5.56 Å². The maximum Gasteiger partial charge on any atom is 0.314 e. The molecular weight excluding hydrogens is 271 g/mol. The fourth-order valence-electron chi connectivity index (χ4n) is 1.70. The van der Waals surface area contributed by atoms with E-state index < -0.39 is 52.0 Å². The van der Waals surface area contributed by atoms with Gasteiger partial charge in [-0.3, -0.25) is 4.79 Å². The zero-order valence-corrected chi connectivity index (χ0v) is 10.3. The number of benzene rings is 1. The van der Waals surface area contributed by atoms with Gasteiger partial charge in [-0.05, 0) is 12.8 Å². The molecule has 0 aromatic heterocycles. The van der Waals surface area contributed by atoms with E-state index in [1.54, 1.807) is 0 Å². The highest BCUT2D eigenvalue weighted by molar-refractivity contribution is 5.81. The summed E-state index contributed by atoms with van der Waals surface area (Å²) in [6.45, 7) is 3.54. The van der Waals surface area contributed by atoms with Crippen molar-refractivity contribution in [1.82, 2.24) is 0 Å². The third kappa shape index (κ3) is 2.06. The fourth-order valence-corrected chi connectivity index (χ4v) is 1.70. The van der Waals surface area contributed by atoms with Crippen molar-refractivity contribution in [2.24, 2.45) is 5.92 Å². The average Bonchev–Trinajstić information content (AvgIpc) is 2.33. The van der Waals surface area contributed by atoms with Crippen LogP contribution in [0.25, 0.3) is 0 Å². The smallest absolute Gasteiger partial charge is 0.314 e. The van der Waals surface area contributed by atoms with Gasteiger partial charge in [-0.1, -0.05) is 13.8 Å². The summed E-state index contributed by atoms with van der Waals surface area (Å²) < 4.78 is 66.4. The molecule has 0 bridgehead atoms. The molecule has 7 heteroatoms. The van der Waals surface area contributed by atoms with Gasteiger partial charge in [-0.25, -0.2) is 22.0 Å². The monoisotopic (exact) mass is 282 g/mol. The maximum absolute atomic E-state index is 13.6. The molecule has 0 fully saturated rings. The molecule has 0 saturated heterocycles. The van der Waals surface area contributed by atoms with Crippen molar-refractivity contribution in [2.75, 3.05) is 0 Å². The van der Waals surface area contributed by atoms with Gasteiger partial charge in [0.25, 0.3) is 0 Å². The molecule has 19 heavy (non-hydrogen) atoms.